The van der Waals surface area contributed by atoms with E-state index in [2.05, 4.69) is 48.2 Å². The summed E-state index contributed by atoms with van der Waals surface area (Å²) in [5.41, 5.74) is 4.10. The van der Waals surface area contributed by atoms with Crippen molar-refractivity contribution in [2.75, 3.05) is 0 Å². The average molecular weight is 307 g/mol. The Kier molecular flexibility index (Phi) is 2.94. The van der Waals surface area contributed by atoms with Crippen LogP contribution < -0.4 is 4.52 Å². The Hall–Kier alpha value is -2.76. The summed E-state index contributed by atoms with van der Waals surface area (Å²) in [5.74, 6) is 0. The van der Waals surface area contributed by atoms with E-state index in [1.165, 1.54) is 11.1 Å². The Morgan fingerprint density at radius 3 is 2.91 bits per heavy atom. The topological polar surface area (TPSA) is 52.1 Å². The van der Waals surface area contributed by atoms with Crippen molar-refractivity contribution in [1.82, 2.24) is 24.5 Å². The third-order valence-electron chi connectivity index (χ3n) is 4.19. The number of hydrogen-bond donors (Lipinski definition) is 0. The molecule has 0 aliphatic rings. The first kappa shape index (κ1) is 13.9. The van der Waals surface area contributed by atoms with Crippen LogP contribution in [0.2, 0.25) is 0 Å². The van der Waals surface area contributed by atoms with Crippen LogP contribution in [0.5, 0.6) is 0 Å². The maximum absolute atomic E-state index is 4.56. The molecule has 0 radical (unpaired) electrons. The molecule has 0 saturated heterocycles. The highest BCUT2D eigenvalue weighted by Crippen LogP contribution is 2.25. The molecule has 0 aromatic carbocycles. The predicted molar refractivity (Wildman–Crippen MR) is 86.1 cm³/mol. The van der Waals surface area contributed by atoms with Gasteiger partial charge in [0.2, 0.25) is 0 Å². The van der Waals surface area contributed by atoms with E-state index in [1.807, 2.05) is 45.8 Å². The first-order valence-corrected chi connectivity index (χ1v) is 7.68. The van der Waals surface area contributed by atoms with E-state index in [-0.39, 0.29) is 5.41 Å². The number of rotatable bonds is 3. The van der Waals surface area contributed by atoms with Gasteiger partial charge in [-0.2, -0.15) is 0 Å². The number of pyridine rings is 2. The third kappa shape index (κ3) is 2.46. The highest BCUT2D eigenvalue weighted by atomic mass is 15.6. The molecule has 0 spiro atoms. The summed E-state index contributed by atoms with van der Waals surface area (Å²) in [7, 11) is 0. The molecule has 0 aliphatic carbocycles. The minimum Gasteiger partial charge on any atom is -0.307 e. The van der Waals surface area contributed by atoms with E-state index in [9.17, 15) is 0 Å². The quantitative estimate of drug-likeness (QED) is 0.544. The van der Waals surface area contributed by atoms with Gasteiger partial charge in [0.1, 0.15) is 12.2 Å². The van der Waals surface area contributed by atoms with Gasteiger partial charge >= 0.3 is 5.65 Å². The van der Waals surface area contributed by atoms with Gasteiger partial charge in [0.05, 0.1) is 16.5 Å². The van der Waals surface area contributed by atoms with E-state index in [4.69, 9.17) is 0 Å². The van der Waals surface area contributed by atoms with E-state index in [0.717, 1.165) is 11.3 Å². The molecule has 4 heterocycles. The smallest absolute Gasteiger partial charge is 0.307 e. The van der Waals surface area contributed by atoms with Crippen molar-refractivity contribution in [2.45, 2.75) is 32.7 Å². The zero-order valence-electron chi connectivity index (χ0n) is 13.5. The van der Waals surface area contributed by atoms with E-state index in [1.54, 1.807) is 4.80 Å². The number of fused-ring (bicyclic) bond motifs is 2. The van der Waals surface area contributed by atoms with E-state index < -0.39 is 0 Å². The summed E-state index contributed by atoms with van der Waals surface area (Å²) in [4.78, 5) is 6.13. The van der Waals surface area contributed by atoms with Crippen molar-refractivity contribution in [3.05, 3.63) is 60.2 Å². The van der Waals surface area contributed by atoms with Crippen molar-refractivity contribution < 1.29 is 4.52 Å². The van der Waals surface area contributed by atoms with Crippen LogP contribution in [-0.4, -0.2) is 24.5 Å². The van der Waals surface area contributed by atoms with Crippen LogP contribution in [0.1, 0.15) is 25.0 Å². The molecule has 0 unspecified atom stereocenters. The van der Waals surface area contributed by atoms with Gasteiger partial charge in [-0.15, -0.1) is 4.52 Å². The van der Waals surface area contributed by atoms with Crippen LogP contribution in [0.3, 0.4) is 0 Å². The maximum Gasteiger partial charge on any atom is 0.327 e. The zero-order chi connectivity index (χ0) is 16.0. The van der Waals surface area contributed by atoms with E-state index >= 15 is 0 Å². The molecule has 6 nitrogen and oxygen atoms in total. The fourth-order valence-electron chi connectivity index (χ4n) is 2.83. The Bertz CT molecular complexity index is 995. The van der Waals surface area contributed by atoms with Gasteiger partial charge in [0.25, 0.3) is 0 Å². The summed E-state index contributed by atoms with van der Waals surface area (Å²) >= 11 is 0. The lowest BCUT2D eigenvalue weighted by atomic mass is 9.85. The number of aryl methyl sites for hydroxylation is 1. The Morgan fingerprint density at radius 1 is 1.17 bits per heavy atom. The zero-order valence-corrected chi connectivity index (χ0v) is 13.5. The van der Waals surface area contributed by atoms with Gasteiger partial charge in [-0.1, -0.05) is 13.8 Å². The van der Waals surface area contributed by atoms with Crippen molar-refractivity contribution in [3.63, 3.8) is 0 Å². The van der Waals surface area contributed by atoms with Crippen LogP contribution in [0.4, 0.5) is 0 Å². The molecule has 0 N–H and O–H groups in total. The minimum atomic E-state index is -0.0989. The number of tetrazole rings is 1. The third-order valence-corrected chi connectivity index (χ3v) is 4.19. The monoisotopic (exact) mass is 307 g/mol. The van der Waals surface area contributed by atoms with Crippen LogP contribution in [0.25, 0.3) is 11.3 Å². The number of nitrogens with zero attached hydrogens (tertiary/aromatic N) is 6. The molecule has 0 bridgehead atoms. The molecule has 0 fully saturated rings. The highest BCUT2D eigenvalue weighted by Gasteiger charge is 2.27. The predicted octanol–water partition coefficient (Wildman–Crippen LogP) is 1.95. The summed E-state index contributed by atoms with van der Waals surface area (Å²) in [6, 6.07) is 8.30. The first-order valence-electron chi connectivity index (χ1n) is 7.68. The molecular formula is C17H19N6+. The molecule has 0 saturated carbocycles. The largest absolute Gasteiger partial charge is 0.327 e. The number of hydrogen-bond acceptors (Lipinski definition) is 3. The number of aromatic nitrogens is 6. The molecule has 0 atom stereocenters. The molecule has 0 aliphatic heterocycles. The minimum absolute atomic E-state index is 0.0989. The van der Waals surface area contributed by atoms with Gasteiger partial charge in [0, 0.05) is 30.1 Å². The molecule has 116 valence electrons. The van der Waals surface area contributed by atoms with Crippen LogP contribution in [0, 0.1) is 6.92 Å². The summed E-state index contributed by atoms with van der Waals surface area (Å²) in [5, 5.41) is 9.10. The normalized spacial score (nSPS) is 12.3. The van der Waals surface area contributed by atoms with Gasteiger partial charge in [-0.05, 0) is 41.0 Å². The van der Waals surface area contributed by atoms with Crippen LogP contribution in [0.15, 0.2) is 49.1 Å². The van der Waals surface area contributed by atoms with Gasteiger partial charge in [-0.25, -0.2) is 4.98 Å². The van der Waals surface area contributed by atoms with Crippen LogP contribution >= 0.6 is 0 Å². The van der Waals surface area contributed by atoms with Crippen molar-refractivity contribution >= 4 is 11.3 Å². The Balaban J connectivity index is 1.69. The molecule has 6 heteroatoms. The fourth-order valence-corrected chi connectivity index (χ4v) is 2.83. The molecule has 4 aromatic rings. The van der Waals surface area contributed by atoms with Crippen molar-refractivity contribution in [2.24, 2.45) is 0 Å². The van der Waals surface area contributed by atoms with Crippen molar-refractivity contribution in [1.29, 1.82) is 0 Å². The maximum atomic E-state index is 4.56. The SMILES string of the molecule is Cc1ccc2nn(CC(C)(C)c3ccn4ccnc4c3)n[n+]2c1. The second kappa shape index (κ2) is 4.87. The van der Waals surface area contributed by atoms with Gasteiger partial charge < -0.3 is 4.40 Å². The molecule has 4 aromatic heterocycles. The lowest BCUT2D eigenvalue weighted by Gasteiger charge is -2.21. The van der Waals surface area contributed by atoms with Crippen LogP contribution in [-0.2, 0) is 12.0 Å². The molecule has 0 amide bonds. The fraction of sp³-hybridized carbons (Fsp3) is 0.294. The second-order valence-electron chi connectivity index (χ2n) is 6.62. The van der Waals surface area contributed by atoms with Crippen molar-refractivity contribution in [3.8, 4) is 0 Å². The Morgan fingerprint density at radius 2 is 2.04 bits per heavy atom. The number of imidazole rings is 1. The summed E-state index contributed by atoms with van der Waals surface area (Å²) in [6.45, 7) is 7.15. The summed E-state index contributed by atoms with van der Waals surface area (Å²) in [6.07, 6.45) is 7.80. The standard InChI is InChI=1S/C17H19N6/c1-13-4-5-15-19-23(20-22(15)11-13)12-17(2,3)14-6-8-21-9-7-18-16(21)10-14/h4-11H,12H2,1-3H3/q+1. The van der Waals surface area contributed by atoms with E-state index in [0.29, 0.717) is 6.54 Å². The lowest BCUT2D eigenvalue weighted by Crippen LogP contribution is -2.29. The molecule has 23 heavy (non-hydrogen) atoms. The average Bonchev–Trinajstić information content (AvgIpc) is 3.11. The summed E-state index contributed by atoms with van der Waals surface area (Å²) < 4.78 is 3.84. The molecule has 4 rings (SSSR count). The van der Waals surface area contributed by atoms with Gasteiger partial charge in [-0.3, -0.25) is 0 Å². The Labute approximate surface area is 134 Å². The first-order chi connectivity index (χ1) is 11.0. The highest BCUT2D eigenvalue weighted by molar-refractivity contribution is 5.43. The molecular weight excluding hydrogens is 288 g/mol. The second-order valence-corrected chi connectivity index (χ2v) is 6.62. The van der Waals surface area contributed by atoms with Gasteiger partial charge in [0.15, 0.2) is 0 Å². The lowest BCUT2D eigenvalue weighted by molar-refractivity contribution is -0.585.